The van der Waals surface area contributed by atoms with Crippen molar-refractivity contribution in [3.63, 3.8) is 0 Å². The molecule has 1 fully saturated rings. The number of aliphatic hydroxyl groups is 1. The lowest BCUT2D eigenvalue weighted by molar-refractivity contribution is -0.133. The molecule has 0 unspecified atom stereocenters. The van der Waals surface area contributed by atoms with E-state index in [0.717, 1.165) is 31.0 Å². The Balaban J connectivity index is 2.20. The van der Waals surface area contributed by atoms with Gasteiger partial charge in [0.1, 0.15) is 0 Å². The summed E-state index contributed by atoms with van der Waals surface area (Å²) in [5.41, 5.74) is -0.430. The maximum absolute atomic E-state index is 11.4. The van der Waals surface area contributed by atoms with Crippen LogP contribution in [0.5, 0.6) is 0 Å². The third-order valence-electron chi connectivity index (χ3n) is 2.48. The number of rotatable bonds is 6. The summed E-state index contributed by atoms with van der Waals surface area (Å²) in [5, 5.41) is 20.2. The van der Waals surface area contributed by atoms with Crippen molar-refractivity contribution in [1.29, 1.82) is 0 Å². The molecule has 5 nitrogen and oxygen atoms in total. The predicted octanol–water partition coefficient (Wildman–Crippen LogP) is -0.165. The average Bonchev–Trinajstić information content (AvgIpc) is 2.11. The maximum Gasteiger partial charge on any atom is 0.313 e. The Hall–Kier alpha value is -0.750. The standard InChI is InChI=1S/C9H15NO4S/c11-6-9(2-1-3-9)10-7(12)4-15-5-8(13)14/h11H,1-6H2,(H,10,12)(H,13,14). The summed E-state index contributed by atoms with van der Waals surface area (Å²) in [5.74, 6) is -1.06. The minimum Gasteiger partial charge on any atom is -0.481 e. The number of aliphatic hydroxyl groups excluding tert-OH is 1. The Morgan fingerprint density at radius 2 is 2.00 bits per heavy atom. The van der Waals surface area contributed by atoms with Crippen molar-refractivity contribution in [3.05, 3.63) is 0 Å². The maximum atomic E-state index is 11.4. The largest absolute Gasteiger partial charge is 0.481 e. The quantitative estimate of drug-likeness (QED) is 0.593. The van der Waals surface area contributed by atoms with Crippen molar-refractivity contribution in [2.75, 3.05) is 18.1 Å². The van der Waals surface area contributed by atoms with Gasteiger partial charge in [0, 0.05) is 0 Å². The van der Waals surface area contributed by atoms with Gasteiger partial charge in [-0.2, -0.15) is 0 Å². The highest BCUT2D eigenvalue weighted by Gasteiger charge is 2.37. The summed E-state index contributed by atoms with van der Waals surface area (Å²) in [6.07, 6.45) is 2.63. The molecule has 1 saturated carbocycles. The van der Waals surface area contributed by atoms with Crippen LogP contribution in [-0.4, -0.2) is 45.7 Å². The topological polar surface area (TPSA) is 86.6 Å². The van der Waals surface area contributed by atoms with Crippen LogP contribution in [0.3, 0.4) is 0 Å². The number of carboxylic acids is 1. The van der Waals surface area contributed by atoms with Gasteiger partial charge in [-0.15, -0.1) is 11.8 Å². The minimum absolute atomic E-state index is 0.0393. The van der Waals surface area contributed by atoms with Crippen molar-refractivity contribution >= 4 is 23.6 Å². The highest BCUT2D eigenvalue weighted by Crippen LogP contribution is 2.31. The van der Waals surface area contributed by atoms with Gasteiger partial charge in [-0.1, -0.05) is 0 Å². The van der Waals surface area contributed by atoms with Crippen LogP contribution in [0, 0.1) is 0 Å². The summed E-state index contributed by atoms with van der Waals surface area (Å²) in [6.45, 7) is -0.0393. The number of carbonyl (C=O) groups is 2. The molecule has 0 radical (unpaired) electrons. The van der Waals surface area contributed by atoms with Gasteiger partial charge in [0.15, 0.2) is 0 Å². The predicted molar refractivity (Wildman–Crippen MR) is 56.8 cm³/mol. The van der Waals surface area contributed by atoms with Crippen molar-refractivity contribution in [3.8, 4) is 0 Å². The number of aliphatic carboxylic acids is 1. The smallest absolute Gasteiger partial charge is 0.313 e. The summed E-state index contributed by atoms with van der Waals surface area (Å²) in [4.78, 5) is 21.6. The van der Waals surface area contributed by atoms with Crippen LogP contribution in [-0.2, 0) is 9.59 Å². The fraction of sp³-hybridized carbons (Fsp3) is 0.778. The zero-order chi connectivity index (χ0) is 11.3. The number of amides is 1. The summed E-state index contributed by atoms with van der Waals surface area (Å²) in [6, 6.07) is 0. The van der Waals surface area contributed by atoms with Crippen LogP contribution in [0.2, 0.25) is 0 Å². The molecule has 3 N–H and O–H groups in total. The van der Waals surface area contributed by atoms with Crippen LogP contribution in [0.1, 0.15) is 19.3 Å². The molecule has 0 atom stereocenters. The molecule has 0 aromatic rings. The second-order valence-corrected chi connectivity index (χ2v) is 4.71. The number of hydrogen-bond donors (Lipinski definition) is 3. The summed E-state index contributed by atoms with van der Waals surface area (Å²) >= 11 is 1.06. The molecule has 0 aromatic heterocycles. The number of thioether (sulfide) groups is 1. The SMILES string of the molecule is O=C(O)CSCC(=O)NC1(CO)CCC1. The lowest BCUT2D eigenvalue weighted by Crippen LogP contribution is -2.56. The van der Waals surface area contributed by atoms with Crippen LogP contribution in [0.25, 0.3) is 0 Å². The molecule has 6 heteroatoms. The van der Waals surface area contributed by atoms with Gasteiger partial charge in [-0.05, 0) is 19.3 Å². The molecule has 0 heterocycles. The van der Waals surface area contributed by atoms with E-state index in [4.69, 9.17) is 10.2 Å². The van der Waals surface area contributed by atoms with E-state index in [1.54, 1.807) is 0 Å². The second-order valence-electron chi connectivity index (χ2n) is 3.73. The summed E-state index contributed by atoms with van der Waals surface area (Å²) in [7, 11) is 0. The third-order valence-corrected chi connectivity index (χ3v) is 3.39. The molecule has 0 saturated heterocycles. The van der Waals surface area contributed by atoms with E-state index in [2.05, 4.69) is 5.32 Å². The van der Waals surface area contributed by atoms with Crippen molar-refractivity contribution in [1.82, 2.24) is 5.32 Å². The molecule has 0 bridgehead atoms. The zero-order valence-electron chi connectivity index (χ0n) is 8.36. The molecule has 0 aromatic carbocycles. The zero-order valence-corrected chi connectivity index (χ0v) is 9.18. The highest BCUT2D eigenvalue weighted by atomic mass is 32.2. The molecular weight excluding hydrogens is 218 g/mol. The van der Waals surface area contributed by atoms with Gasteiger partial charge < -0.3 is 15.5 Å². The minimum atomic E-state index is -0.923. The van der Waals surface area contributed by atoms with Gasteiger partial charge in [0.05, 0.1) is 23.7 Å². The van der Waals surface area contributed by atoms with E-state index >= 15 is 0 Å². The molecule has 1 aliphatic carbocycles. The van der Waals surface area contributed by atoms with Gasteiger partial charge in [0.25, 0.3) is 0 Å². The van der Waals surface area contributed by atoms with Crippen LogP contribution >= 0.6 is 11.8 Å². The molecule has 1 aliphatic rings. The second kappa shape index (κ2) is 5.37. The van der Waals surface area contributed by atoms with Crippen molar-refractivity contribution in [2.45, 2.75) is 24.8 Å². The number of hydrogen-bond acceptors (Lipinski definition) is 4. The Morgan fingerprint density at radius 1 is 1.33 bits per heavy atom. The molecule has 0 spiro atoms. The molecular formula is C9H15NO4S. The number of nitrogens with one attached hydrogen (secondary N) is 1. The van der Waals surface area contributed by atoms with Gasteiger partial charge >= 0.3 is 5.97 Å². The van der Waals surface area contributed by atoms with Crippen LogP contribution < -0.4 is 5.32 Å². The Morgan fingerprint density at radius 3 is 2.40 bits per heavy atom. The lowest BCUT2D eigenvalue weighted by Gasteiger charge is -2.40. The molecule has 1 amide bonds. The Labute approximate surface area is 92.2 Å². The first-order chi connectivity index (χ1) is 7.08. The molecule has 1 rings (SSSR count). The monoisotopic (exact) mass is 233 g/mol. The van der Waals surface area contributed by atoms with E-state index in [-0.39, 0.29) is 24.0 Å². The number of carboxylic acid groups (broad SMARTS) is 1. The highest BCUT2D eigenvalue weighted by molar-refractivity contribution is 8.00. The fourth-order valence-electron chi connectivity index (χ4n) is 1.49. The van der Waals surface area contributed by atoms with E-state index in [0.29, 0.717) is 0 Å². The van der Waals surface area contributed by atoms with E-state index < -0.39 is 11.5 Å². The average molecular weight is 233 g/mol. The van der Waals surface area contributed by atoms with Crippen LogP contribution in [0.15, 0.2) is 0 Å². The molecule has 15 heavy (non-hydrogen) atoms. The summed E-state index contributed by atoms with van der Waals surface area (Å²) < 4.78 is 0. The third kappa shape index (κ3) is 3.71. The first kappa shape index (κ1) is 12.3. The first-order valence-electron chi connectivity index (χ1n) is 4.79. The van der Waals surface area contributed by atoms with Gasteiger partial charge in [0.2, 0.25) is 5.91 Å². The van der Waals surface area contributed by atoms with Crippen molar-refractivity contribution < 1.29 is 19.8 Å². The van der Waals surface area contributed by atoms with E-state index in [1.165, 1.54) is 0 Å². The Kier molecular flexibility index (Phi) is 4.41. The number of carbonyl (C=O) groups excluding carboxylic acids is 1. The van der Waals surface area contributed by atoms with Crippen molar-refractivity contribution in [2.24, 2.45) is 0 Å². The lowest BCUT2D eigenvalue weighted by atomic mass is 9.77. The first-order valence-corrected chi connectivity index (χ1v) is 5.95. The van der Waals surface area contributed by atoms with Crippen LogP contribution in [0.4, 0.5) is 0 Å². The van der Waals surface area contributed by atoms with Gasteiger partial charge in [-0.25, -0.2) is 0 Å². The molecule has 0 aliphatic heterocycles. The van der Waals surface area contributed by atoms with Gasteiger partial charge in [-0.3, -0.25) is 9.59 Å². The normalized spacial score (nSPS) is 17.9. The van der Waals surface area contributed by atoms with E-state index in [1.807, 2.05) is 0 Å². The molecule has 86 valence electrons. The Bertz CT molecular complexity index is 247. The van der Waals surface area contributed by atoms with E-state index in [9.17, 15) is 9.59 Å². The fourth-order valence-corrected chi connectivity index (χ4v) is 2.02.